The van der Waals surface area contributed by atoms with Gasteiger partial charge in [0.25, 0.3) is 0 Å². The molecule has 0 saturated carbocycles. The van der Waals surface area contributed by atoms with E-state index in [1.165, 1.54) is 0 Å². The van der Waals surface area contributed by atoms with E-state index in [0.717, 1.165) is 11.1 Å². The third-order valence-corrected chi connectivity index (χ3v) is 5.80. The molecule has 156 valence electrons. The number of amides is 1. The SMILES string of the molecule is CO[C@@H]1c2c(COC(N)=O)c3c4c(c(C)c(O)c3n2C[C@@H]1N)=NCC(C)(C)CN=4. The first kappa shape index (κ1) is 19.7. The zero-order chi connectivity index (χ0) is 21.1. The molecule has 0 saturated heterocycles. The Bertz CT molecular complexity index is 1130. The van der Waals surface area contributed by atoms with Crippen molar-refractivity contribution in [3.05, 3.63) is 27.5 Å². The molecule has 9 heteroatoms. The monoisotopic (exact) mass is 401 g/mol. The van der Waals surface area contributed by atoms with Crippen LogP contribution >= 0.6 is 0 Å². The Labute approximate surface area is 168 Å². The lowest BCUT2D eigenvalue weighted by Gasteiger charge is -2.17. The second kappa shape index (κ2) is 6.70. The van der Waals surface area contributed by atoms with Gasteiger partial charge in [-0.2, -0.15) is 0 Å². The molecule has 0 aliphatic carbocycles. The number of phenolic OH excluding ortho intramolecular Hbond substituents is 1. The molecule has 2 aliphatic heterocycles. The van der Waals surface area contributed by atoms with Crippen molar-refractivity contribution in [2.75, 3.05) is 20.2 Å². The predicted octanol–water partition coefficient (Wildman–Crippen LogP) is 0.558. The molecule has 0 spiro atoms. The van der Waals surface area contributed by atoms with E-state index in [1.54, 1.807) is 7.11 Å². The van der Waals surface area contributed by atoms with Gasteiger partial charge in [-0.25, -0.2) is 4.79 Å². The van der Waals surface area contributed by atoms with Crippen LogP contribution in [0.5, 0.6) is 5.75 Å². The van der Waals surface area contributed by atoms with Gasteiger partial charge in [-0.05, 0) is 6.92 Å². The van der Waals surface area contributed by atoms with Crippen LogP contribution in [0.25, 0.3) is 10.9 Å². The standard InChI is InChI=1S/C20H27N5O4/c1-9-13-14(24-8-20(2,3)7-23-13)12-10(6-29-19(22)27)15-18(28-4)11(21)5-25(15)16(12)17(9)26/h11,18,26H,5-8,21H2,1-4H3,(H2,22,27)/t11-,18-/m0/s1. The minimum absolute atomic E-state index is 0.0609. The van der Waals surface area contributed by atoms with E-state index in [1.807, 2.05) is 11.5 Å². The number of aromatic hydroxyl groups is 1. The van der Waals surface area contributed by atoms with Crippen LogP contribution in [-0.2, 0) is 22.6 Å². The van der Waals surface area contributed by atoms with Crippen LogP contribution in [0.15, 0.2) is 9.98 Å². The van der Waals surface area contributed by atoms with Crippen LogP contribution in [0.2, 0.25) is 0 Å². The highest BCUT2D eigenvalue weighted by Gasteiger charge is 2.38. The molecule has 4 rings (SSSR count). The molecule has 2 aromatic rings. The summed E-state index contributed by atoms with van der Waals surface area (Å²) >= 11 is 0. The van der Waals surface area contributed by atoms with E-state index >= 15 is 0 Å². The van der Waals surface area contributed by atoms with Crippen molar-refractivity contribution in [1.82, 2.24) is 4.57 Å². The van der Waals surface area contributed by atoms with Gasteiger partial charge < -0.3 is 30.6 Å². The van der Waals surface area contributed by atoms with Gasteiger partial charge in [-0.3, -0.25) is 9.98 Å². The summed E-state index contributed by atoms with van der Waals surface area (Å²) in [6.07, 6.45) is -1.28. The lowest BCUT2D eigenvalue weighted by atomic mass is 9.94. The first-order valence-electron chi connectivity index (χ1n) is 9.62. The molecule has 1 aromatic heterocycles. The molecular formula is C20H27N5O4. The number of benzene rings is 1. The van der Waals surface area contributed by atoms with Crippen LogP contribution in [0.3, 0.4) is 0 Å². The van der Waals surface area contributed by atoms with Gasteiger partial charge in [0.2, 0.25) is 0 Å². The van der Waals surface area contributed by atoms with Crippen LogP contribution in [0, 0.1) is 12.3 Å². The number of aromatic nitrogens is 1. The first-order chi connectivity index (χ1) is 13.7. The van der Waals surface area contributed by atoms with E-state index in [-0.39, 0.29) is 23.8 Å². The van der Waals surface area contributed by atoms with Crippen molar-refractivity contribution >= 4 is 17.0 Å². The van der Waals surface area contributed by atoms with Crippen LogP contribution in [-0.4, -0.2) is 42.0 Å². The first-order valence-corrected chi connectivity index (χ1v) is 9.62. The van der Waals surface area contributed by atoms with Gasteiger partial charge in [0.1, 0.15) is 18.5 Å². The zero-order valence-corrected chi connectivity index (χ0v) is 17.2. The van der Waals surface area contributed by atoms with Crippen molar-refractivity contribution in [2.24, 2.45) is 26.9 Å². The normalized spacial score (nSPS) is 22.4. The number of fused-ring (bicyclic) bond motifs is 5. The quantitative estimate of drug-likeness (QED) is 0.690. The van der Waals surface area contributed by atoms with E-state index in [9.17, 15) is 9.90 Å². The lowest BCUT2D eigenvalue weighted by molar-refractivity contribution is 0.0878. The third-order valence-electron chi connectivity index (χ3n) is 5.80. The second-order valence-electron chi connectivity index (χ2n) is 8.59. The fourth-order valence-corrected chi connectivity index (χ4v) is 4.36. The maximum atomic E-state index is 11.3. The van der Waals surface area contributed by atoms with E-state index < -0.39 is 12.2 Å². The number of hydrogen-bond acceptors (Lipinski definition) is 7. The molecule has 0 unspecified atom stereocenters. The molecule has 1 aromatic carbocycles. The molecular weight excluding hydrogens is 374 g/mol. The van der Waals surface area contributed by atoms with Crippen molar-refractivity contribution in [3.8, 4) is 5.75 Å². The number of phenols is 1. The van der Waals surface area contributed by atoms with Gasteiger partial charge in [-0.15, -0.1) is 0 Å². The fourth-order valence-electron chi connectivity index (χ4n) is 4.36. The minimum atomic E-state index is -0.875. The van der Waals surface area contributed by atoms with Gasteiger partial charge in [0, 0.05) is 48.7 Å². The maximum absolute atomic E-state index is 11.3. The van der Waals surface area contributed by atoms with Gasteiger partial charge in [0.15, 0.2) is 0 Å². The Morgan fingerprint density at radius 3 is 2.59 bits per heavy atom. The highest BCUT2D eigenvalue weighted by Crippen LogP contribution is 2.41. The number of methoxy groups -OCH3 is 1. The average Bonchev–Trinajstić information content (AvgIpc) is 3.06. The maximum Gasteiger partial charge on any atom is 0.404 e. The Kier molecular flexibility index (Phi) is 4.54. The number of nitrogens with zero attached hydrogens (tertiary/aromatic N) is 3. The predicted molar refractivity (Wildman–Crippen MR) is 106 cm³/mol. The summed E-state index contributed by atoms with van der Waals surface area (Å²) in [7, 11) is 1.59. The Balaban J connectivity index is 2.14. The topological polar surface area (TPSA) is 137 Å². The van der Waals surface area contributed by atoms with E-state index in [4.69, 9.17) is 30.9 Å². The number of rotatable bonds is 3. The van der Waals surface area contributed by atoms with Crippen molar-refractivity contribution in [2.45, 2.75) is 46.1 Å². The Morgan fingerprint density at radius 2 is 1.97 bits per heavy atom. The van der Waals surface area contributed by atoms with Gasteiger partial charge in [0.05, 0.1) is 28.0 Å². The average molecular weight is 401 g/mol. The van der Waals surface area contributed by atoms with Crippen LogP contribution in [0.4, 0.5) is 4.79 Å². The summed E-state index contributed by atoms with van der Waals surface area (Å²) in [5.74, 6) is 0.132. The number of ether oxygens (including phenoxy) is 2. The summed E-state index contributed by atoms with van der Waals surface area (Å²) in [6, 6.07) is -0.286. The Morgan fingerprint density at radius 1 is 1.31 bits per heavy atom. The van der Waals surface area contributed by atoms with Crippen molar-refractivity contribution < 1.29 is 19.4 Å². The molecule has 0 bridgehead atoms. The highest BCUT2D eigenvalue weighted by molar-refractivity contribution is 5.91. The van der Waals surface area contributed by atoms with Crippen LogP contribution < -0.4 is 22.2 Å². The molecule has 1 amide bonds. The smallest absolute Gasteiger partial charge is 0.404 e. The number of primary amides is 1. The molecule has 29 heavy (non-hydrogen) atoms. The molecule has 5 N–H and O–H groups in total. The van der Waals surface area contributed by atoms with E-state index in [2.05, 4.69) is 13.8 Å². The minimum Gasteiger partial charge on any atom is -0.505 e. The molecule has 9 nitrogen and oxygen atoms in total. The third kappa shape index (κ3) is 2.96. The van der Waals surface area contributed by atoms with Crippen molar-refractivity contribution in [3.63, 3.8) is 0 Å². The number of hydrogen-bond donors (Lipinski definition) is 3. The van der Waals surface area contributed by atoms with E-state index in [0.29, 0.717) is 47.0 Å². The summed E-state index contributed by atoms with van der Waals surface area (Å²) in [6.45, 7) is 7.65. The zero-order valence-electron chi connectivity index (χ0n) is 17.2. The number of carbonyl (C=O) groups is 1. The lowest BCUT2D eigenvalue weighted by Crippen LogP contribution is -2.31. The molecule has 0 radical (unpaired) electrons. The fraction of sp³-hybridized carbons (Fsp3) is 0.550. The molecule has 3 heterocycles. The van der Waals surface area contributed by atoms with Crippen LogP contribution in [0.1, 0.15) is 36.8 Å². The highest BCUT2D eigenvalue weighted by atomic mass is 16.5. The summed E-state index contributed by atoms with van der Waals surface area (Å²) in [5.41, 5.74) is 14.2. The Hall–Kier alpha value is -2.65. The number of nitrogens with two attached hydrogens (primary N) is 2. The van der Waals surface area contributed by atoms with Gasteiger partial charge in [-0.1, -0.05) is 13.8 Å². The largest absolute Gasteiger partial charge is 0.505 e. The van der Waals surface area contributed by atoms with Gasteiger partial charge >= 0.3 is 6.09 Å². The van der Waals surface area contributed by atoms with Crippen molar-refractivity contribution in [1.29, 1.82) is 0 Å². The molecule has 2 aliphatic rings. The summed E-state index contributed by atoms with van der Waals surface area (Å²) < 4.78 is 12.7. The number of carbonyl (C=O) groups excluding carboxylic acids is 1. The summed E-state index contributed by atoms with van der Waals surface area (Å²) in [5, 5.41) is 13.2. The molecule has 2 atom stereocenters. The summed E-state index contributed by atoms with van der Waals surface area (Å²) in [4.78, 5) is 21.0. The molecule has 0 fully saturated rings. The second-order valence-corrected chi connectivity index (χ2v) is 8.59.